The first-order valence-corrected chi connectivity index (χ1v) is 10.7. The molecule has 1 aromatic heterocycles. The molecule has 0 unspecified atom stereocenters. The van der Waals surface area contributed by atoms with Crippen molar-refractivity contribution >= 4 is 28.2 Å². The first-order chi connectivity index (χ1) is 12.5. The molecule has 1 fully saturated rings. The van der Waals surface area contributed by atoms with Gasteiger partial charge in [0.2, 0.25) is 5.91 Å². The number of rotatable bonds is 5. The molecule has 1 aliphatic carbocycles. The van der Waals surface area contributed by atoms with Crippen molar-refractivity contribution in [2.75, 3.05) is 25.0 Å². The van der Waals surface area contributed by atoms with E-state index in [9.17, 15) is 9.59 Å². The van der Waals surface area contributed by atoms with Crippen LogP contribution in [0.5, 0.6) is 0 Å². The molecule has 2 atom stereocenters. The molecule has 144 valence electrons. The maximum absolute atomic E-state index is 12.8. The summed E-state index contributed by atoms with van der Waals surface area (Å²) < 4.78 is 5.28. The Labute approximate surface area is 160 Å². The molecule has 0 bridgehead atoms. The molecule has 1 N–H and O–H groups in total. The lowest BCUT2D eigenvalue weighted by Crippen LogP contribution is -2.44. The lowest BCUT2D eigenvalue weighted by molar-refractivity contribution is -0.121. The number of anilines is 1. The summed E-state index contributed by atoms with van der Waals surface area (Å²) in [6.45, 7) is 8.30. The van der Waals surface area contributed by atoms with Crippen molar-refractivity contribution in [1.29, 1.82) is 0 Å². The smallest absolute Gasteiger partial charge is 0.341 e. The van der Waals surface area contributed by atoms with Crippen LogP contribution in [0.15, 0.2) is 0 Å². The zero-order valence-corrected chi connectivity index (χ0v) is 16.9. The van der Waals surface area contributed by atoms with Crippen LogP contribution in [0.4, 0.5) is 5.00 Å². The molecule has 1 amide bonds. The van der Waals surface area contributed by atoms with E-state index < -0.39 is 0 Å². The minimum Gasteiger partial charge on any atom is -0.462 e. The van der Waals surface area contributed by atoms with Gasteiger partial charge in [-0.1, -0.05) is 13.3 Å². The van der Waals surface area contributed by atoms with Gasteiger partial charge in [0.05, 0.1) is 18.2 Å². The Morgan fingerprint density at radius 3 is 2.73 bits per heavy atom. The van der Waals surface area contributed by atoms with Crippen LogP contribution in [0.3, 0.4) is 0 Å². The van der Waals surface area contributed by atoms with Crippen molar-refractivity contribution in [3.63, 3.8) is 0 Å². The highest BCUT2D eigenvalue weighted by Gasteiger charge is 2.30. The van der Waals surface area contributed by atoms with Crippen molar-refractivity contribution in [1.82, 2.24) is 4.90 Å². The Morgan fingerprint density at radius 1 is 1.31 bits per heavy atom. The van der Waals surface area contributed by atoms with Gasteiger partial charge in [-0.2, -0.15) is 0 Å². The highest BCUT2D eigenvalue weighted by Crippen LogP contribution is 2.40. The summed E-state index contributed by atoms with van der Waals surface area (Å²) >= 11 is 1.56. The van der Waals surface area contributed by atoms with E-state index in [0.29, 0.717) is 23.1 Å². The number of fused-ring (bicyclic) bond motifs is 1. The standard InChI is InChI=1S/C20H30N2O3S/c1-4-25-20(24)17-15-9-8-13(2)12-16(15)26-19(17)21-18(23)14(3)22-10-6-5-7-11-22/h13-14H,4-12H2,1-3H3,(H,21,23)/t13-,14-/m0/s1. The normalized spacial score (nSPS) is 21.7. The Bertz CT molecular complexity index is 664. The van der Waals surface area contributed by atoms with Gasteiger partial charge in [-0.15, -0.1) is 11.3 Å². The molecule has 1 aliphatic heterocycles. The zero-order valence-electron chi connectivity index (χ0n) is 16.1. The summed E-state index contributed by atoms with van der Waals surface area (Å²) in [5.74, 6) is 0.289. The predicted octanol–water partition coefficient (Wildman–Crippen LogP) is 3.86. The summed E-state index contributed by atoms with van der Waals surface area (Å²) in [6, 6.07) is -0.177. The Morgan fingerprint density at radius 2 is 2.04 bits per heavy atom. The number of nitrogens with zero attached hydrogens (tertiary/aromatic N) is 1. The number of ether oxygens (including phenoxy) is 1. The van der Waals surface area contributed by atoms with Crippen LogP contribution in [0.1, 0.15) is 67.3 Å². The van der Waals surface area contributed by atoms with Crippen LogP contribution in [0, 0.1) is 5.92 Å². The van der Waals surface area contributed by atoms with Crippen LogP contribution in [0.25, 0.3) is 0 Å². The van der Waals surface area contributed by atoms with Gasteiger partial charge in [0.15, 0.2) is 0 Å². The molecule has 5 nitrogen and oxygen atoms in total. The zero-order chi connectivity index (χ0) is 18.7. The summed E-state index contributed by atoms with van der Waals surface area (Å²) in [5, 5.41) is 3.73. The summed E-state index contributed by atoms with van der Waals surface area (Å²) in [5.41, 5.74) is 1.69. The van der Waals surface area contributed by atoms with Crippen molar-refractivity contribution in [2.24, 2.45) is 5.92 Å². The number of esters is 1. The van der Waals surface area contributed by atoms with E-state index >= 15 is 0 Å². The number of hydrogen-bond acceptors (Lipinski definition) is 5. The molecule has 0 aromatic carbocycles. The molecule has 6 heteroatoms. The van der Waals surface area contributed by atoms with E-state index in [2.05, 4.69) is 17.1 Å². The Hall–Kier alpha value is -1.40. The Kier molecular flexibility index (Phi) is 6.35. The SMILES string of the molecule is CCOC(=O)c1c(NC(=O)[C@H](C)N2CCCCC2)sc2c1CC[C@H](C)C2. The quantitative estimate of drug-likeness (QED) is 0.791. The molecule has 0 radical (unpaired) electrons. The van der Waals surface area contributed by atoms with Gasteiger partial charge >= 0.3 is 5.97 Å². The Balaban J connectivity index is 1.81. The highest BCUT2D eigenvalue weighted by molar-refractivity contribution is 7.17. The van der Waals surface area contributed by atoms with Crippen molar-refractivity contribution in [3.05, 3.63) is 16.0 Å². The largest absolute Gasteiger partial charge is 0.462 e. The van der Waals surface area contributed by atoms with Crippen molar-refractivity contribution in [2.45, 2.75) is 65.3 Å². The van der Waals surface area contributed by atoms with Gasteiger partial charge in [-0.05, 0) is 70.5 Å². The molecular weight excluding hydrogens is 348 g/mol. The van der Waals surface area contributed by atoms with Gasteiger partial charge < -0.3 is 10.1 Å². The van der Waals surface area contributed by atoms with Crippen LogP contribution in [0.2, 0.25) is 0 Å². The summed E-state index contributed by atoms with van der Waals surface area (Å²) in [4.78, 5) is 28.8. The number of carbonyl (C=O) groups is 2. The topological polar surface area (TPSA) is 58.6 Å². The lowest BCUT2D eigenvalue weighted by Gasteiger charge is -2.31. The average molecular weight is 379 g/mol. The number of hydrogen-bond donors (Lipinski definition) is 1. The molecule has 1 aromatic rings. The molecule has 3 rings (SSSR count). The number of piperidine rings is 1. The number of amides is 1. The molecular formula is C20H30N2O3S. The van der Waals surface area contributed by atoms with E-state index in [4.69, 9.17) is 4.74 Å². The molecule has 0 saturated carbocycles. The van der Waals surface area contributed by atoms with Crippen LogP contribution >= 0.6 is 11.3 Å². The molecule has 1 saturated heterocycles. The summed E-state index contributed by atoms with van der Waals surface area (Å²) in [6.07, 6.45) is 6.48. The van der Waals surface area contributed by atoms with Crippen molar-refractivity contribution < 1.29 is 14.3 Å². The van der Waals surface area contributed by atoms with Crippen molar-refractivity contribution in [3.8, 4) is 0 Å². The third-order valence-corrected chi connectivity index (χ3v) is 6.72. The van der Waals surface area contributed by atoms with Crippen LogP contribution in [-0.4, -0.2) is 42.5 Å². The second-order valence-electron chi connectivity index (χ2n) is 7.54. The monoisotopic (exact) mass is 378 g/mol. The number of thiophene rings is 1. The third kappa shape index (κ3) is 4.12. The van der Waals surface area contributed by atoms with E-state index in [0.717, 1.165) is 50.8 Å². The first-order valence-electron chi connectivity index (χ1n) is 9.87. The van der Waals surface area contributed by atoms with Gasteiger partial charge in [-0.25, -0.2) is 4.79 Å². The van der Waals surface area contributed by atoms with E-state index in [-0.39, 0.29) is 17.9 Å². The predicted molar refractivity (Wildman–Crippen MR) is 105 cm³/mol. The number of likely N-dealkylation sites (tertiary alicyclic amines) is 1. The van der Waals surface area contributed by atoms with E-state index in [1.165, 1.54) is 11.3 Å². The molecule has 2 heterocycles. The first kappa shape index (κ1) is 19.4. The van der Waals surface area contributed by atoms with Crippen LogP contribution in [-0.2, 0) is 22.4 Å². The fourth-order valence-electron chi connectivity index (χ4n) is 3.95. The van der Waals surface area contributed by atoms with Gasteiger partial charge in [0.1, 0.15) is 5.00 Å². The highest BCUT2D eigenvalue weighted by atomic mass is 32.1. The lowest BCUT2D eigenvalue weighted by atomic mass is 9.88. The maximum Gasteiger partial charge on any atom is 0.341 e. The molecule has 26 heavy (non-hydrogen) atoms. The van der Waals surface area contributed by atoms with E-state index in [1.807, 2.05) is 13.8 Å². The summed E-state index contributed by atoms with van der Waals surface area (Å²) in [7, 11) is 0. The minimum absolute atomic E-state index is 0.0240. The van der Waals surface area contributed by atoms with Gasteiger partial charge in [0.25, 0.3) is 0 Å². The average Bonchev–Trinajstić information content (AvgIpc) is 2.98. The fourth-order valence-corrected chi connectivity index (χ4v) is 5.35. The van der Waals surface area contributed by atoms with Gasteiger partial charge in [0, 0.05) is 4.88 Å². The second kappa shape index (κ2) is 8.53. The molecule has 0 spiro atoms. The third-order valence-electron chi connectivity index (χ3n) is 5.55. The van der Waals surface area contributed by atoms with Gasteiger partial charge in [-0.3, -0.25) is 9.69 Å². The number of carbonyl (C=O) groups excluding carboxylic acids is 2. The van der Waals surface area contributed by atoms with Crippen LogP contribution < -0.4 is 5.32 Å². The maximum atomic E-state index is 12.8. The minimum atomic E-state index is -0.305. The number of nitrogens with one attached hydrogen (secondary N) is 1. The molecule has 2 aliphatic rings. The second-order valence-corrected chi connectivity index (χ2v) is 8.64. The fraction of sp³-hybridized carbons (Fsp3) is 0.700. The van der Waals surface area contributed by atoms with E-state index in [1.54, 1.807) is 11.3 Å².